The Kier molecular flexibility index (Phi) is 6.05. The number of rotatable bonds is 7. The number of pyridine rings is 1. The number of benzene rings is 1. The molecule has 5 rings (SSSR count). The standard InChI is InChI=1S/C23H19Cl2FN6O2/c1-12-27-11-19-30-31-23(34-16-4-2-3-14(7-16)13-5-6-13)21(32(12)19)22(33)29-10-18(26)20-17(25)8-15(24)9-28-20/h2-4,7-9,11,13,18H,5-6,10H2,1H3,(H,29,33). The van der Waals surface area contributed by atoms with Crippen LogP contribution in [0.25, 0.3) is 5.65 Å². The Balaban J connectivity index is 1.43. The fourth-order valence-electron chi connectivity index (χ4n) is 3.66. The molecular formula is C23H19Cl2FN6O2. The van der Waals surface area contributed by atoms with Gasteiger partial charge < -0.3 is 10.1 Å². The van der Waals surface area contributed by atoms with Crippen LogP contribution < -0.4 is 10.1 Å². The van der Waals surface area contributed by atoms with E-state index in [1.807, 2.05) is 18.2 Å². The van der Waals surface area contributed by atoms with Gasteiger partial charge in [0.05, 0.1) is 28.5 Å². The third-order valence-corrected chi connectivity index (χ3v) is 6.01. The van der Waals surface area contributed by atoms with Crippen molar-refractivity contribution in [3.8, 4) is 11.6 Å². The highest BCUT2D eigenvalue weighted by Crippen LogP contribution is 2.41. The first-order chi connectivity index (χ1) is 16.4. The van der Waals surface area contributed by atoms with Crippen LogP contribution in [0.15, 0.2) is 42.7 Å². The average Bonchev–Trinajstić information content (AvgIpc) is 3.61. The highest BCUT2D eigenvalue weighted by Gasteiger charge is 2.26. The normalized spacial score (nSPS) is 14.2. The third kappa shape index (κ3) is 4.53. The minimum absolute atomic E-state index is 0.0166. The number of carbonyl (C=O) groups is 1. The second-order valence-corrected chi connectivity index (χ2v) is 8.84. The molecule has 1 atom stereocenters. The summed E-state index contributed by atoms with van der Waals surface area (Å²) in [7, 11) is 0. The molecule has 4 aromatic rings. The first-order valence-corrected chi connectivity index (χ1v) is 11.4. The zero-order valence-corrected chi connectivity index (χ0v) is 19.5. The van der Waals surface area contributed by atoms with E-state index < -0.39 is 12.1 Å². The fraction of sp³-hybridized carbons (Fsp3) is 0.261. The highest BCUT2D eigenvalue weighted by atomic mass is 35.5. The number of nitrogens with zero attached hydrogens (tertiary/aromatic N) is 5. The molecule has 3 heterocycles. The Hall–Kier alpha value is -3.30. The van der Waals surface area contributed by atoms with E-state index in [0.717, 1.165) is 12.8 Å². The lowest BCUT2D eigenvalue weighted by Crippen LogP contribution is -2.30. The second-order valence-electron chi connectivity index (χ2n) is 8.00. The van der Waals surface area contributed by atoms with Crippen molar-refractivity contribution in [2.24, 2.45) is 0 Å². The minimum Gasteiger partial charge on any atom is -0.436 e. The van der Waals surface area contributed by atoms with Crippen molar-refractivity contribution in [2.45, 2.75) is 31.9 Å². The molecule has 3 aromatic heterocycles. The molecule has 8 nitrogen and oxygen atoms in total. The molecule has 34 heavy (non-hydrogen) atoms. The number of halogens is 3. The summed E-state index contributed by atoms with van der Waals surface area (Å²) in [5.41, 5.74) is 1.57. The van der Waals surface area contributed by atoms with Crippen molar-refractivity contribution in [3.63, 3.8) is 0 Å². The number of hydrogen-bond donors (Lipinski definition) is 1. The van der Waals surface area contributed by atoms with Crippen molar-refractivity contribution in [1.29, 1.82) is 0 Å². The molecule has 0 spiro atoms. The van der Waals surface area contributed by atoms with E-state index in [-0.39, 0.29) is 28.8 Å². The van der Waals surface area contributed by atoms with Crippen LogP contribution in [0.1, 0.15) is 52.5 Å². The molecule has 1 aliphatic carbocycles. The van der Waals surface area contributed by atoms with Gasteiger partial charge in [0.15, 0.2) is 17.5 Å². The maximum absolute atomic E-state index is 14.8. The topological polar surface area (TPSA) is 94.3 Å². The van der Waals surface area contributed by atoms with Gasteiger partial charge in [-0.3, -0.25) is 14.2 Å². The van der Waals surface area contributed by atoms with Crippen LogP contribution in [0.4, 0.5) is 4.39 Å². The number of aromatic nitrogens is 5. The van der Waals surface area contributed by atoms with Crippen LogP contribution in [0.2, 0.25) is 10.0 Å². The summed E-state index contributed by atoms with van der Waals surface area (Å²) in [5.74, 6) is 0.945. The first-order valence-electron chi connectivity index (χ1n) is 10.6. The van der Waals surface area contributed by atoms with Gasteiger partial charge in [-0.25, -0.2) is 9.37 Å². The largest absolute Gasteiger partial charge is 0.436 e. The van der Waals surface area contributed by atoms with E-state index in [9.17, 15) is 9.18 Å². The predicted octanol–water partition coefficient (Wildman–Crippen LogP) is 5.24. The number of ether oxygens (including phenoxy) is 1. The van der Waals surface area contributed by atoms with E-state index in [1.54, 1.807) is 13.0 Å². The van der Waals surface area contributed by atoms with E-state index in [4.69, 9.17) is 27.9 Å². The lowest BCUT2D eigenvalue weighted by Gasteiger charge is -2.14. The summed E-state index contributed by atoms with van der Waals surface area (Å²) in [6, 6.07) is 9.05. The number of imidazole rings is 1. The lowest BCUT2D eigenvalue weighted by molar-refractivity contribution is 0.0931. The van der Waals surface area contributed by atoms with E-state index in [0.29, 0.717) is 28.2 Å². The van der Waals surface area contributed by atoms with Gasteiger partial charge in [-0.15, -0.1) is 10.2 Å². The molecule has 11 heteroatoms. The van der Waals surface area contributed by atoms with Gasteiger partial charge in [0, 0.05) is 6.20 Å². The summed E-state index contributed by atoms with van der Waals surface area (Å²) in [6.45, 7) is 1.35. The maximum Gasteiger partial charge on any atom is 0.274 e. The third-order valence-electron chi connectivity index (χ3n) is 5.50. The zero-order valence-electron chi connectivity index (χ0n) is 18.0. The van der Waals surface area contributed by atoms with Gasteiger partial charge in [0.25, 0.3) is 11.8 Å². The monoisotopic (exact) mass is 500 g/mol. The van der Waals surface area contributed by atoms with Crippen LogP contribution in [-0.2, 0) is 0 Å². The average molecular weight is 501 g/mol. The van der Waals surface area contributed by atoms with Crippen molar-refractivity contribution in [2.75, 3.05) is 6.54 Å². The molecule has 0 bridgehead atoms. The van der Waals surface area contributed by atoms with Gasteiger partial charge in [0.2, 0.25) is 0 Å². The number of hydrogen-bond acceptors (Lipinski definition) is 6. The van der Waals surface area contributed by atoms with Crippen LogP contribution in [0.3, 0.4) is 0 Å². The lowest BCUT2D eigenvalue weighted by atomic mass is 10.1. The maximum atomic E-state index is 14.8. The fourth-order valence-corrected chi connectivity index (χ4v) is 4.16. The molecule has 1 aromatic carbocycles. The molecular weight excluding hydrogens is 482 g/mol. The molecule has 1 unspecified atom stereocenters. The van der Waals surface area contributed by atoms with Crippen molar-refractivity contribution < 1.29 is 13.9 Å². The smallest absolute Gasteiger partial charge is 0.274 e. The van der Waals surface area contributed by atoms with E-state index >= 15 is 0 Å². The molecule has 0 aliphatic heterocycles. The van der Waals surface area contributed by atoms with Crippen molar-refractivity contribution in [3.05, 3.63) is 75.5 Å². The van der Waals surface area contributed by atoms with Gasteiger partial charge in [-0.1, -0.05) is 35.3 Å². The molecule has 1 saturated carbocycles. The van der Waals surface area contributed by atoms with Crippen molar-refractivity contribution in [1.82, 2.24) is 29.9 Å². The number of nitrogens with one attached hydrogen (secondary N) is 1. The molecule has 174 valence electrons. The number of alkyl halides is 1. The van der Waals surface area contributed by atoms with Crippen LogP contribution in [-0.4, -0.2) is 37.0 Å². The summed E-state index contributed by atoms with van der Waals surface area (Å²) in [6.07, 6.45) is 3.43. The number of aryl methyl sites for hydroxylation is 1. The molecule has 0 saturated heterocycles. The summed E-state index contributed by atoms with van der Waals surface area (Å²) in [4.78, 5) is 21.4. The van der Waals surface area contributed by atoms with Crippen LogP contribution >= 0.6 is 23.2 Å². The Labute approximate surface area is 204 Å². The predicted molar refractivity (Wildman–Crippen MR) is 124 cm³/mol. The number of carbonyl (C=O) groups excluding carboxylic acids is 1. The van der Waals surface area contributed by atoms with Gasteiger partial charge >= 0.3 is 0 Å². The van der Waals surface area contributed by atoms with Gasteiger partial charge in [-0.05, 0) is 49.4 Å². The van der Waals surface area contributed by atoms with Gasteiger partial charge in [0.1, 0.15) is 11.6 Å². The van der Waals surface area contributed by atoms with E-state index in [2.05, 4.69) is 25.5 Å². The minimum atomic E-state index is -1.65. The second kappa shape index (κ2) is 9.15. The molecule has 1 amide bonds. The molecule has 1 fully saturated rings. The van der Waals surface area contributed by atoms with Crippen LogP contribution in [0.5, 0.6) is 11.6 Å². The number of amides is 1. The quantitative estimate of drug-likeness (QED) is 0.372. The SMILES string of the molecule is Cc1ncc2nnc(Oc3cccc(C4CC4)c3)c(C(=O)NCC(F)c3ncc(Cl)cc3Cl)n12. The molecule has 1 aliphatic rings. The Morgan fingerprint density at radius 1 is 1.24 bits per heavy atom. The summed E-state index contributed by atoms with van der Waals surface area (Å²) >= 11 is 11.9. The van der Waals surface area contributed by atoms with Crippen LogP contribution in [0, 0.1) is 6.92 Å². The van der Waals surface area contributed by atoms with E-state index in [1.165, 1.54) is 28.4 Å². The Bertz CT molecular complexity index is 1390. The zero-order chi connectivity index (χ0) is 23.8. The Morgan fingerprint density at radius 2 is 2.06 bits per heavy atom. The van der Waals surface area contributed by atoms with Crippen molar-refractivity contribution >= 4 is 34.8 Å². The number of fused-ring (bicyclic) bond motifs is 1. The summed E-state index contributed by atoms with van der Waals surface area (Å²) in [5, 5.41) is 11.1. The summed E-state index contributed by atoms with van der Waals surface area (Å²) < 4.78 is 22.3. The highest BCUT2D eigenvalue weighted by molar-refractivity contribution is 6.34. The van der Waals surface area contributed by atoms with Gasteiger partial charge in [-0.2, -0.15) is 0 Å². The Morgan fingerprint density at radius 3 is 2.82 bits per heavy atom. The first kappa shape index (κ1) is 22.5. The molecule has 1 N–H and O–H groups in total. The molecule has 0 radical (unpaired) electrons.